The van der Waals surface area contributed by atoms with Crippen molar-refractivity contribution < 1.29 is 4.79 Å². The summed E-state index contributed by atoms with van der Waals surface area (Å²) < 4.78 is 0. The number of piperidine rings is 1. The second-order valence-electron chi connectivity index (χ2n) is 4.35. The van der Waals surface area contributed by atoms with Gasteiger partial charge in [-0.3, -0.25) is 4.79 Å². The van der Waals surface area contributed by atoms with Crippen molar-refractivity contribution in [1.82, 2.24) is 10.2 Å². The van der Waals surface area contributed by atoms with Crippen LogP contribution in [0, 0.1) is 5.92 Å². The van der Waals surface area contributed by atoms with Crippen LogP contribution in [0.4, 0.5) is 0 Å². The van der Waals surface area contributed by atoms with Gasteiger partial charge in [0.05, 0.1) is 0 Å². The number of amides is 1. The van der Waals surface area contributed by atoms with Crippen LogP contribution in [-0.4, -0.2) is 37.0 Å². The Morgan fingerprint density at radius 3 is 3.00 bits per heavy atom. The van der Waals surface area contributed by atoms with Crippen molar-refractivity contribution in [3.63, 3.8) is 0 Å². The van der Waals surface area contributed by atoms with Gasteiger partial charge in [0.2, 0.25) is 5.91 Å². The molecule has 0 aromatic heterocycles. The Morgan fingerprint density at radius 2 is 2.36 bits per heavy atom. The van der Waals surface area contributed by atoms with Gasteiger partial charge < -0.3 is 10.2 Å². The smallest absolute Gasteiger partial charge is 0.225 e. The van der Waals surface area contributed by atoms with Crippen molar-refractivity contribution in [2.24, 2.45) is 5.92 Å². The summed E-state index contributed by atoms with van der Waals surface area (Å²) in [6.45, 7) is 6.05. The van der Waals surface area contributed by atoms with Gasteiger partial charge in [0.25, 0.3) is 0 Å². The highest BCUT2D eigenvalue weighted by atomic mass is 16.2. The summed E-state index contributed by atoms with van der Waals surface area (Å²) >= 11 is 0. The van der Waals surface area contributed by atoms with Crippen molar-refractivity contribution in [2.75, 3.05) is 20.1 Å². The van der Waals surface area contributed by atoms with Gasteiger partial charge in [-0.2, -0.15) is 0 Å². The first-order valence-corrected chi connectivity index (χ1v) is 5.61. The van der Waals surface area contributed by atoms with Crippen molar-refractivity contribution in [3.8, 4) is 0 Å². The third kappa shape index (κ3) is 2.98. The van der Waals surface area contributed by atoms with Crippen LogP contribution in [0.15, 0.2) is 0 Å². The van der Waals surface area contributed by atoms with Crippen molar-refractivity contribution in [1.29, 1.82) is 0 Å². The molecule has 1 amide bonds. The van der Waals surface area contributed by atoms with Crippen LogP contribution in [0.25, 0.3) is 0 Å². The number of hydrogen-bond donors (Lipinski definition) is 1. The molecule has 14 heavy (non-hydrogen) atoms. The van der Waals surface area contributed by atoms with E-state index in [1.54, 1.807) is 0 Å². The van der Waals surface area contributed by atoms with Crippen molar-refractivity contribution in [2.45, 2.75) is 39.2 Å². The van der Waals surface area contributed by atoms with Crippen LogP contribution in [0.2, 0.25) is 0 Å². The molecule has 0 radical (unpaired) electrons. The summed E-state index contributed by atoms with van der Waals surface area (Å²) in [6.07, 6.45) is 3.28. The molecule has 1 saturated heterocycles. The molecule has 0 aromatic carbocycles. The zero-order chi connectivity index (χ0) is 10.6. The predicted octanol–water partition coefficient (Wildman–Crippen LogP) is 1.24. The zero-order valence-electron chi connectivity index (χ0n) is 9.55. The number of carbonyl (C=O) groups excluding carboxylic acids is 1. The van der Waals surface area contributed by atoms with Gasteiger partial charge in [-0.25, -0.2) is 0 Å². The molecule has 3 heteroatoms. The SMILES string of the molecule is CNC(C)CCN1CCCC(C)C1=O. The summed E-state index contributed by atoms with van der Waals surface area (Å²) in [5.74, 6) is 0.591. The zero-order valence-corrected chi connectivity index (χ0v) is 9.55. The van der Waals surface area contributed by atoms with Crippen LogP contribution in [0.5, 0.6) is 0 Å². The monoisotopic (exact) mass is 198 g/mol. The van der Waals surface area contributed by atoms with Crippen LogP contribution in [0.3, 0.4) is 0 Å². The van der Waals surface area contributed by atoms with Gasteiger partial charge in [-0.05, 0) is 33.2 Å². The number of rotatable bonds is 4. The summed E-state index contributed by atoms with van der Waals surface area (Å²) in [5, 5.41) is 3.19. The van der Waals surface area contributed by atoms with Crippen LogP contribution < -0.4 is 5.32 Å². The fraction of sp³-hybridized carbons (Fsp3) is 0.909. The number of carbonyl (C=O) groups is 1. The van der Waals surface area contributed by atoms with Gasteiger partial charge in [0.15, 0.2) is 0 Å². The largest absolute Gasteiger partial charge is 0.342 e. The Labute approximate surface area is 86.9 Å². The van der Waals surface area contributed by atoms with E-state index >= 15 is 0 Å². The lowest BCUT2D eigenvalue weighted by Gasteiger charge is -2.31. The molecular formula is C11H22N2O. The fourth-order valence-corrected chi connectivity index (χ4v) is 1.85. The lowest BCUT2D eigenvalue weighted by molar-refractivity contribution is -0.137. The molecule has 1 fully saturated rings. The van der Waals surface area contributed by atoms with Gasteiger partial charge >= 0.3 is 0 Å². The number of hydrogen-bond acceptors (Lipinski definition) is 2. The Balaban J connectivity index is 2.32. The summed E-state index contributed by atoms with van der Waals surface area (Å²) in [5.41, 5.74) is 0. The molecule has 0 aliphatic carbocycles. The lowest BCUT2D eigenvalue weighted by atomic mass is 9.99. The first kappa shape index (κ1) is 11.5. The number of nitrogens with one attached hydrogen (secondary N) is 1. The average Bonchev–Trinajstić information content (AvgIpc) is 2.20. The molecular weight excluding hydrogens is 176 g/mol. The van der Waals surface area contributed by atoms with Gasteiger partial charge in [0, 0.05) is 25.0 Å². The molecule has 1 N–H and O–H groups in total. The molecule has 1 aliphatic heterocycles. The Hall–Kier alpha value is -0.570. The Bertz CT molecular complexity index is 194. The molecule has 1 aliphatic rings. The van der Waals surface area contributed by atoms with Crippen molar-refractivity contribution in [3.05, 3.63) is 0 Å². The highest BCUT2D eigenvalue weighted by molar-refractivity contribution is 5.79. The van der Waals surface area contributed by atoms with Crippen LogP contribution in [-0.2, 0) is 4.79 Å². The molecule has 1 heterocycles. The second kappa shape index (κ2) is 5.35. The molecule has 82 valence electrons. The third-order valence-corrected chi connectivity index (χ3v) is 3.12. The molecule has 1 rings (SSSR count). The summed E-state index contributed by atoms with van der Waals surface area (Å²) in [4.78, 5) is 13.7. The minimum absolute atomic E-state index is 0.244. The highest BCUT2D eigenvalue weighted by Crippen LogP contribution is 2.17. The first-order chi connectivity index (χ1) is 6.65. The van der Waals surface area contributed by atoms with Crippen LogP contribution in [0.1, 0.15) is 33.1 Å². The Kier molecular flexibility index (Phi) is 4.39. The molecule has 3 nitrogen and oxygen atoms in total. The maximum Gasteiger partial charge on any atom is 0.225 e. The fourth-order valence-electron chi connectivity index (χ4n) is 1.85. The predicted molar refractivity (Wildman–Crippen MR) is 58.1 cm³/mol. The van der Waals surface area contributed by atoms with Crippen LogP contribution >= 0.6 is 0 Å². The molecule has 0 saturated carbocycles. The standard InChI is InChI=1S/C11H22N2O/c1-9-5-4-7-13(11(9)14)8-6-10(2)12-3/h9-10,12H,4-8H2,1-3H3. The lowest BCUT2D eigenvalue weighted by Crippen LogP contribution is -2.42. The van der Waals surface area contributed by atoms with E-state index in [1.807, 2.05) is 18.9 Å². The molecule has 2 unspecified atom stereocenters. The van der Waals surface area contributed by atoms with E-state index in [-0.39, 0.29) is 5.92 Å². The minimum Gasteiger partial charge on any atom is -0.342 e. The van der Waals surface area contributed by atoms with Gasteiger partial charge in [-0.1, -0.05) is 6.92 Å². The number of nitrogens with zero attached hydrogens (tertiary/aromatic N) is 1. The second-order valence-corrected chi connectivity index (χ2v) is 4.35. The molecule has 0 aromatic rings. The topological polar surface area (TPSA) is 32.3 Å². The van der Waals surface area contributed by atoms with E-state index in [2.05, 4.69) is 12.2 Å². The third-order valence-electron chi connectivity index (χ3n) is 3.12. The quantitative estimate of drug-likeness (QED) is 0.737. The normalized spacial score (nSPS) is 25.2. The van der Waals surface area contributed by atoms with Crippen molar-refractivity contribution >= 4 is 5.91 Å². The van der Waals surface area contributed by atoms with E-state index in [1.165, 1.54) is 6.42 Å². The highest BCUT2D eigenvalue weighted by Gasteiger charge is 2.24. The van der Waals surface area contributed by atoms with E-state index in [0.29, 0.717) is 11.9 Å². The van der Waals surface area contributed by atoms with E-state index < -0.39 is 0 Å². The molecule has 0 bridgehead atoms. The van der Waals surface area contributed by atoms with E-state index in [0.717, 1.165) is 25.9 Å². The van der Waals surface area contributed by atoms with Gasteiger partial charge in [-0.15, -0.1) is 0 Å². The Morgan fingerprint density at radius 1 is 1.64 bits per heavy atom. The summed E-state index contributed by atoms with van der Waals surface area (Å²) in [6, 6.07) is 0.500. The molecule has 0 spiro atoms. The maximum atomic E-state index is 11.7. The maximum absolute atomic E-state index is 11.7. The van der Waals surface area contributed by atoms with E-state index in [9.17, 15) is 4.79 Å². The first-order valence-electron chi connectivity index (χ1n) is 5.61. The summed E-state index contributed by atoms with van der Waals surface area (Å²) in [7, 11) is 1.96. The number of likely N-dealkylation sites (tertiary alicyclic amines) is 1. The molecule has 2 atom stereocenters. The van der Waals surface area contributed by atoms with Gasteiger partial charge in [0.1, 0.15) is 0 Å². The average molecular weight is 198 g/mol. The minimum atomic E-state index is 0.244. The van der Waals surface area contributed by atoms with E-state index in [4.69, 9.17) is 0 Å².